The number of carbonyl (C=O) groups is 2. The maximum absolute atomic E-state index is 11.4. The van der Waals surface area contributed by atoms with E-state index in [0.717, 1.165) is 38.8 Å². The molecule has 0 radical (unpaired) electrons. The highest BCUT2D eigenvalue weighted by Crippen LogP contribution is 2.00. The number of ether oxygens (including phenoxy) is 4. The van der Waals surface area contributed by atoms with E-state index < -0.39 is 0 Å². The van der Waals surface area contributed by atoms with Gasteiger partial charge in [0.25, 0.3) is 0 Å². The number of unbranched alkanes of at least 4 members (excludes halogenated alkanes) is 3. The predicted octanol–water partition coefficient (Wildman–Crippen LogP) is 4.03. The fourth-order valence-corrected chi connectivity index (χ4v) is 2.26. The zero-order valence-corrected chi connectivity index (χ0v) is 20.1. The molecule has 7 nitrogen and oxygen atoms in total. The van der Waals surface area contributed by atoms with Crippen molar-refractivity contribution < 1.29 is 30.0 Å². The highest BCUT2D eigenvalue weighted by atomic mass is 16.6. The topological polar surface area (TPSA) is 83.1 Å². The SMILES string of the molecule is CC.CCC(=O)NCCCCCCOCCOCCOCCOCCC(=O)C(C)C.[HH]. The van der Waals surface area contributed by atoms with E-state index in [1.165, 1.54) is 0 Å². The molecule has 0 bridgehead atoms. The Morgan fingerprint density at radius 3 is 1.70 bits per heavy atom. The fourth-order valence-electron chi connectivity index (χ4n) is 2.26. The van der Waals surface area contributed by atoms with Gasteiger partial charge in [0.2, 0.25) is 5.91 Å². The standard InChI is InChI=1S/C21H41NO6.C2H6.H2/c1-4-21(24)22-10-7-5-6-8-11-25-13-15-27-17-18-28-16-14-26-12-9-20(23)19(2)3;1-2;/h19H,4-18H2,1-3H3,(H,22,24);1-2H3;1H. The Hall–Kier alpha value is -1.02. The molecule has 7 heteroatoms. The molecule has 0 aromatic heterocycles. The van der Waals surface area contributed by atoms with Crippen LogP contribution in [-0.4, -0.2) is 71.1 Å². The van der Waals surface area contributed by atoms with Gasteiger partial charge in [-0.15, -0.1) is 0 Å². The Labute approximate surface area is 186 Å². The smallest absolute Gasteiger partial charge is 0.219 e. The van der Waals surface area contributed by atoms with Crippen molar-refractivity contribution in [2.75, 3.05) is 59.4 Å². The predicted molar refractivity (Wildman–Crippen MR) is 123 cm³/mol. The number of carbonyl (C=O) groups excluding carboxylic acids is 2. The zero-order chi connectivity index (χ0) is 22.9. The molecule has 0 rings (SSSR count). The third-order valence-corrected chi connectivity index (χ3v) is 4.11. The second-order valence-corrected chi connectivity index (χ2v) is 6.94. The summed E-state index contributed by atoms with van der Waals surface area (Å²) in [4.78, 5) is 22.5. The van der Waals surface area contributed by atoms with Crippen LogP contribution in [0.4, 0.5) is 0 Å². The van der Waals surface area contributed by atoms with Crippen molar-refractivity contribution >= 4 is 11.7 Å². The van der Waals surface area contributed by atoms with Crippen molar-refractivity contribution in [3.63, 3.8) is 0 Å². The number of hydrogen-bond acceptors (Lipinski definition) is 6. The third-order valence-electron chi connectivity index (χ3n) is 4.11. The van der Waals surface area contributed by atoms with Gasteiger partial charge >= 0.3 is 0 Å². The lowest BCUT2D eigenvalue weighted by Crippen LogP contribution is -2.23. The Kier molecular flexibility index (Phi) is 27.0. The van der Waals surface area contributed by atoms with Gasteiger partial charge in [0, 0.05) is 33.3 Å². The molecule has 30 heavy (non-hydrogen) atoms. The van der Waals surface area contributed by atoms with Gasteiger partial charge in [0.15, 0.2) is 0 Å². The largest absolute Gasteiger partial charge is 0.379 e. The van der Waals surface area contributed by atoms with Crippen LogP contribution in [-0.2, 0) is 28.5 Å². The van der Waals surface area contributed by atoms with Gasteiger partial charge < -0.3 is 24.3 Å². The maximum Gasteiger partial charge on any atom is 0.219 e. The molecule has 0 heterocycles. The fraction of sp³-hybridized carbons (Fsp3) is 0.913. The van der Waals surface area contributed by atoms with E-state index in [2.05, 4.69) is 5.32 Å². The molecule has 0 spiro atoms. The van der Waals surface area contributed by atoms with Crippen molar-refractivity contribution in [3.05, 3.63) is 0 Å². The molecule has 0 fully saturated rings. The van der Waals surface area contributed by atoms with Crippen molar-refractivity contribution in [1.29, 1.82) is 0 Å². The summed E-state index contributed by atoms with van der Waals surface area (Å²) in [6.07, 6.45) is 5.31. The summed E-state index contributed by atoms with van der Waals surface area (Å²) in [5.74, 6) is 0.428. The second-order valence-electron chi connectivity index (χ2n) is 6.94. The van der Waals surface area contributed by atoms with E-state index in [0.29, 0.717) is 59.1 Å². The van der Waals surface area contributed by atoms with Crippen LogP contribution in [0.1, 0.15) is 74.6 Å². The molecule has 0 aliphatic rings. The molecule has 0 aromatic rings. The molecule has 0 atom stereocenters. The molecule has 0 saturated carbocycles. The molecule has 0 unspecified atom stereocenters. The Morgan fingerprint density at radius 1 is 0.733 bits per heavy atom. The van der Waals surface area contributed by atoms with Crippen molar-refractivity contribution in [3.8, 4) is 0 Å². The van der Waals surface area contributed by atoms with Crippen molar-refractivity contribution in [2.45, 2.75) is 73.1 Å². The second kappa shape index (κ2) is 26.0. The molecule has 1 amide bonds. The minimum absolute atomic E-state index is 0. The summed E-state index contributed by atoms with van der Waals surface area (Å²) >= 11 is 0. The molecule has 0 aromatic carbocycles. The Bertz CT molecular complexity index is 383. The average molecular weight is 436 g/mol. The van der Waals surface area contributed by atoms with Crippen LogP contribution in [0.15, 0.2) is 0 Å². The lowest BCUT2D eigenvalue weighted by atomic mass is 10.1. The lowest BCUT2D eigenvalue weighted by Gasteiger charge is -2.08. The van der Waals surface area contributed by atoms with Gasteiger partial charge in [-0.3, -0.25) is 9.59 Å². The van der Waals surface area contributed by atoms with Gasteiger partial charge in [0.1, 0.15) is 5.78 Å². The van der Waals surface area contributed by atoms with Gasteiger partial charge in [-0.1, -0.05) is 47.5 Å². The number of rotatable bonds is 21. The highest BCUT2D eigenvalue weighted by molar-refractivity contribution is 5.80. The minimum atomic E-state index is 0. The van der Waals surface area contributed by atoms with E-state index in [9.17, 15) is 9.59 Å². The zero-order valence-electron chi connectivity index (χ0n) is 20.1. The monoisotopic (exact) mass is 435 g/mol. The third kappa shape index (κ3) is 25.0. The van der Waals surface area contributed by atoms with Crippen LogP contribution in [0.5, 0.6) is 0 Å². The molecule has 0 aliphatic heterocycles. The highest BCUT2D eigenvalue weighted by Gasteiger charge is 2.06. The number of Topliss-reactive ketones (excluding diaryl/α,β-unsaturated/α-hetero) is 1. The quantitative estimate of drug-likeness (QED) is 0.274. The molecule has 1 N–H and O–H groups in total. The summed E-state index contributed by atoms with van der Waals surface area (Å²) < 4.78 is 21.7. The van der Waals surface area contributed by atoms with Crippen LogP contribution in [0.25, 0.3) is 0 Å². The molecular formula is C23H49NO6. The number of ketones is 1. The van der Waals surface area contributed by atoms with Gasteiger partial charge in [-0.2, -0.15) is 0 Å². The first-order valence-electron chi connectivity index (χ1n) is 11.7. The number of nitrogens with one attached hydrogen (secondary N) is 1. The van der Waals surface area contributed by atoms with Crippen molar-refractivity contribution in [2.24, 2.45) is 5.92 Å². The van der Waals surface area contributed by atoms with Crippen LogP contribution < -0.4 is 5.32 Å². The first-order valence-corrected chi connectivity index (χ1v) is 11.7. The van der Waals surface area contributed by atoms with E-state index in [1.54, 1.807) is 0 Å². The Morgan fingerprint density at radius 2 is 1.20 bits per heavy atom. The average Bonchev–Trinajstić information content (AvgIpc) is 2.76. The van der Waals surface area contributed by atoms with Gasteiger partial charge in [-0.25, -0.2) is 0 Å². The minimum Gasteiger partial charge on any atom is -0.379 e. The van der Waals surface area contributed by atoms with Crippen LogP contribution in [0, 0.1) is 5.92 Å². The van der Waals surface area contributed by atoms with Crippen LogP contribution in [0.2, 0.25) is 0 Å². The molecule has 0 aliphatic carbocycles. The Balaban J connectivity index is -0.00000253. The molecule has 0 saturated heterocycles. The van der Waals surface area contributed by atoms with Gasteiger partial charge in [0.05, 0.1) is 46.2 Å². The first kappa shape index (κ1) is 31.2. The van der Waals surface area contributed by atoms with E-state index in [1.807, 2.05) is 34.6 Å². The summed E-state index contributed by atoms with van der Waals surface area (Å²) in [5, 5.41) is 2.88. The molecule has 182 valence electrons. The summed E-state index contributed by atoms with van der Waals surface area (Å²) in [6, 6.07) is 0. The van der Waals surface area contributed by atoms with Crippen molar-refractivity contribution in [1.82, 2.24) is 5.32 Å². The number of hydrogen-bond donors (Lipinski definition) is 1. The first-order chi connectivity index (χ1) is 14.6. The van der Waals surface area contributed by atoms with E-state index in [-0.39, 0.29) is 19.0 Å². The van der Waals surface area contributed by atoms with Crippen LogP contribution in [0.3, 0.4) is 0 Å². The maximum atomic E-state index is 11.4. The molecular weight excluding hydrogens is 386 g/mol. The van der Waals surface area contributed by atoms with E-state index >= 15 is 0 Å². The summed E-state index contributed by atoms with van der Waals surface area (Å²) in [6.45, 7) is 14.9. The summed E-state index contributed by atoms with van der Waals surface area (Å²) in [5.41, 5.74) is 0. The summed E-state index contributed by atoms with van der Waals surface area (Å²) in [7, 11) is 0. The number of amides is 1. The van der Waals surface area contributed by atoms with Gasteiger partial charge in [-0.05, 0) is 12.8 Å². The normalized spacial score (nSPS) is 10.6. The lowest BCUT2D eigenvalue weighted by molar-refractivity contribution is -0.123. The van der Waals surface area contributed by atoms with Crippen LogP contribution >= 0.6 is 0 Å². The van der Waals surface area contributed by atoms with E-state index in [4.69, 9.17) is 18.9 Å².